The monoisotopic (exact) mass is 216 g/mol. The summed E-state index contributed by atoms with van der Waals surface area (Å²) in [6.07, 6.45) is 0.896. The summed E-state index contributed by atoms with van der Waals surface area (Å²) in [5.74, 6) is 1.71. The van der Waals surface area contributed by atoms with Gasteiger partial charge in [-0.05, 0) is 14.1 Å². The summed E-state index contributed by atoms with van der Waals surface area (Å²) >= 11 is 0. The lowest BCUT2D eigenvalue weighted by molar-refractivity contribution is 0.410. The van der Waals surface area contributed by atoms with Crippen LogP contribution in [-0.2, 0) is 6.42 Å². The first kappa shape index (κ1) is 10.8. The number of nitrogens with zero attached hydrogens (tertiary/aromatic N) is 3. The zero-order valence-electron chi connectivity index (χ0n) is 9.64. The fraction of sp³-hybridized carbons (Fsp3) is 0.333. The predicted octanol–water partition coefficient (Wildman–Crippen LogP) is 1.58. The van der Waals surface area contributed by atoms with Gasteiger partial charge in [-0.3, -0.25) is 5.10 Å². The molecule has 0 saturated carbocycles. The van der Waals surface area contributed by atoms with Crippen molar-refractivity contribution < 1.29 is 0 Å². The molecule has 0 amide bonds. The lowest BCUT2D eigenvalue weighted by Gasteiger charge is -2.06. The molecular weight excluding hydrogens is 200 g/mol. The van der Waals surface area contributed by atoms with E-state index >= 15 is 0 Å². The van der Waals surface area contributed by atoms with Gasteiger partial charge < -0.3 is 4.90 Å². The van der Waals surface area contributed by atoms with Crippen LogP contribution >= 0.6 is 0 Å². The summed E-state index contributed by atoms with van der Waals surface area (Å²) in [6, 6.07) is 10.00. The highest BCUT2D eigenvalue weighted by Crippen LogP contribution is 2.13. The summed E-state index contributed by atoms with van der Waals surface area (Å²) < 4.78 is 0. The van der Waals surface area contributed by atoms with Gasteiger partial charge in [0, 0.05) is 18.5 Å². The minimum absolute atomic E-state index is 0.773. The van der Waals surface area contributed by atoms with Crippen LogP contribution in [0.15, 0.2) is 30.3 Å². The molecule has 0 aliphatic carbocycles. The Labute approximate surface area is 95.3 Å². The first-order valence-electron chi connectivity index (χ1n) is 5.37. The molecule has 1 aromatic carbocycles. The lowest BCUT2D eigenvalue weighted by Crippen LogP contribution is -2.15. The van der Waals surface area contributed by atoms with Crippen LogP contribution < -0.4 is 0 Å². The summed E-state index contributed by atoms with van der Waals surface area (Å²) in [5, 5.41) is 7.18. The van der Waals surface area contributed by atoms with Gasteiger partial charge in [-0.15, -0.1) is 0 Å². The van der Waals surface area contributed by atoms with Gasteiger partial charge in [-0.25, -0.2) is 4.98 Å². The maximum absolute atomic E-state index is 4.46. The Morgan fingerprint density at radius 3 is 2.62 bits per heavy atom. The summed E-state index contributed by atoms with van der Waals surface area (Å²) in [7, 11) is 4.10. The Morgan fingerprint density at radius 2 is 1.94 bits per heavy atom. The Balaban J connectivity index is 2.08. The van der Waals surface area contributed by atoms with Crippen molar-refractivity contribution in [2.75, 3.05) is 20.6 Å². The van der Waals surface area contributed by atoms with E-state index in [0.29, 0.717) is 0 Å². The number of hydrogen-bond donors (Lipinski definition) is 1. The molecule has 0 atom stereocenters. The number of likely N-dealkylation sites (N-methyl/N-ethyl adjacent to an activating group) is 1. The molecule has 2 rings (SSSR count). The quantitative estimate of drug-likeness (QED) is 0.843. The minimum Gasteiger partial charge on any atom is -0.309 e. The molecule has 0 aliphatic heterocycles. The first-order chi connectivity index (χ1) is 7.75. The molecule has 84 valence electrons. The van der Waals surface area contributed by atoms with Crippen molar-refractivity contribution >= 4 is 0 Å². The van der Waals surface area contributed by atoms with Gasteiger partial charge in [0.2, 0.25) is 0 Å². The van der Waals surface area contributed by atoms with Crippen molar-refractivity contribution in [1.82, 2.24) is 20.1 Å². The van der Waals surface area contributed by atoms with E-state index in [4.69, 9.17) is 0 Å². The van der Waals surface area contributed by atoms with Crippen molar-refractivity contribution in [2.24, 2.45) is 0 Å². The molecule has 0 bridgehead atoms. The molecule has 0 fully saturated rings. The largest absolute Gasteiger partial charge is 0.309 e. The number of rotatable bonds is 4. The van der Waals surface area contributed by atoms with Crippen LogP contribution in [0.25, 0.3) is 11.4 Å². The Bertz CT molecular complexity index is 433. The SMILES string of the molecule is CN(C)CCc1nc(-c2ccccc2)n[nH]1. The molecule has 16 heavy (non-hydrogen) atoms. The highest BCUT2D eigenvalue weighted by Gasteiger charge is 2.05. The van der Waals surface area contributed by atoms with E-state index in [-0.39, 0.29) is 0 Å². The van der Waals surface area contributed by atoms with E-state index < -0.39 is 0 Å². The Hall–Kier alpha value is -1.68. The first-order valence-corrected chi connectivity index (χ1v) is 5.37. The molecule has 0 unspecified atom stereocenters. The third-order valence-electron chi connectivity index (χ3n) is 2.36. The maximum atomic E-state index is 4.46. The minimum atomic E-state index is 0.773. The Morgan fingerprint density at radius 1 is 1.19 bits per heavy atom. The van der Waals surface area contributed by atoms with Gasteiger partial charge in [-0.2, -0.15) is 5.10 Å². The van der Waals surface area contributed by atoms with Gasteiger partial charge in [-0.1, -0.05) is 30.3 Å². The number of aromatic nitrogens is 3. The van der Waals surface area contributed by atoms with Crippen LogP contribution in [0.4, 0.5) is 0 Å². The number of aromatic amines is 1. The zero-order chi connectivity index (χ0) is 11.4. The number of H-pyrrole nitrogens is 1. The standard InChI is InChI=1S/C12H16N4/c1-16(2)9-8-11-13-12(15-14-11)10-6-4-3-5-7-10/h3-7H,8-9H2,1-2H3,(H,13,14,15). The fourth-order valence-corrected chi connectivity index (χ4v) is 1.45. The highest BCUT2D eigenvalue weighted by molar-refractivity contribution is 5.53. The van der Waals surface area contributed by atoms with Crippen molar-refractivity contribution in [1.29, 1.82) is 0 Å². The van der Waals surface area contributed by atoms with Crippen LogP contribution in [0.5, 0.6) is 0 Å². The molecule has 1 heterocycles. The second-order valence-corrected chi connectivity index (χ2v) is 4.03. The maximum Gasteiger partial charge on any atom is 0.181 e. The molecule has 0 spiro atoms. The smallest absolute Gasteiger partial charge is 0.181 e. The lowest BCUT2D eigenvalue weighted by atomic mass is 10.2. The van der Waals surface area contributed by atoms with Gasteiger partial charge in [0.25, 0.3) is 0 Å². The van der Waals surface area contributed by atoms with E-state index in [1.165, 1.54) is 0 Å². The van der Waals surface area contributed by atoms with E-state index in [2.05, 4.69) is 34.2 Å². The van der Waals surface area contributed by atoms with Crippen molar-refractivity contribution in [3.63, 3.8) is 0 Å². The molecule has 1 N–H and O–H groups in total. The van der Waals surface area contributed by atoms with Gasteiger partial charge >= 0.3 is 0 Å². The molecule has 0 aliphatic rings. The van der Waals surface area contributed by atoms with Crippen LogP contribution in [0.3, 0.4) is 0 Å². The van der Waals surface area contributed by atoms with Crippen molar-refractivity contribution in [3.8, 4) is 11.4 Å². The zero-order valence-corrected chi connectivity index (χ0v) is 9.64. The molecule has 1 aromatic heterocycles. The van der Waals surface area contributed by atoms with Crippen LogP contribution in [0.2, 0.25) is 0 Å². The van der Waals surface area contributed by atoms with E-state index in [1.54, 1.807) is 0 Å². The van der Waals surface area contributed by atoms with Crippen LogP contribution in [0, 0.1) is 0 Å². The molecule has 0 saturated heterocycles. The number of benzene rings is 1. The second kappa shape index (κ2) is 4.90. The van der Waals surface area contributed by atoms with E-state index in [9.17, 15) is 0 Å². The normalized spacial score (nSPS) is 10.9. The molecule has 2 aromatic rings. The summed E-state index contributed by atoms with van der Waals surface area (Å²) in [6.45, 7) is 0.976. The predicted molar refractivity (Wildman–Crippen MR) is 64.1 cm³/mol. The fourth-order valence-electron chi connectivity index (χ4n) is 1.45. The average Bonchev–Trinajstić information content (AvgIpc) is 2.76. The summed E-state index contributed by atoms with van der Waals surface area (Å²) in [5.41, 5.74) is 1.05. The average molecular weight is 216 g/mol. The molecule has 0 radical (unpaired) electrons. The molecule has 4 heteroatoms. The van der Waals surface area contributed by atoms with E-state index in [0.717, 1.165) is 30.2 Å². The summed E-state index contributed by atoms with van der Waals surface area (Å²) in [4.78, 5) is 6.59. The third kappa shape index (κ3) is 2.67. The second-order valence-electron chi connectivity index (χ2n) is 4.03. The number of nitrogens with one attached hydrogen (secondary N) is 1. The molecular formula is C12H16N4. The Kier molecular flexibility index (Phi) is 3.31. The third-order valence-corrected chi connectivity index (χ3v) is 2.36. The van der Waals surface area contributed by atoms with Crippen molar-refractivity contribution in [3.05, 3.63) is 36.2 Å². The topological polar surface area (TPSA) is 44.8 Å². The van der Waals surface area contributed by atoms with Gasteiger partial charge in [0.1, 0.15) is 5.82 Å². The van der Waals surface area contributed by atoms with Crippen LogP contribution in [0.1, 0.15) is 5.82 Å². The van der Waals surface area contributed by atoms with Gasteiger partial charge in [0.05, 0.1) is 0 Å². The van der Waals surface area contributed by atoms with Crippen LogP contribution in [-0.4, -0.2) is 40.7 Å². The van der Waals surface area contributed by atoms with E-state index in [1.807, 2.05) is 30.3 Å². The van der Waals surface area contributed by atoms with Crippen molar-refractivity contribution in [2.45, 2.75) is 6.42 Å². The highest BCUT2D eigenvalue weighted by atomic mass is 15.2. The molecule has 4 nitrogen and oxygen atoms in total. The van der Waals surface area contributed by atoms with Gasteiger partial charge in [0.15, 0.2) is 5.82 Å². The number of hydrogen-bond acceptors (Lipinski definition) is 3.